The van der Waals surface area contributed by atoms with Gasteiger partial charge >= 0.3 is 0 Å². The van der Waals surface area contributed by atoms with Gasteiger partial charge in [0.05, 0.1) is 11.7 Å². The lowest BCUT2D eigenvalue weighted by atomic mass is 10.1. The number of aliphatic hydroxyl groups is 1. The van der Waals surface area contributed by atoms with E-state index in [2.05, 4.69) is 16.8 Å². The van der Waals surface area contributed by atoms with E-state index in [4.69, 9.17) is 0 Å². The van der Waals surface area contributed by atoms with Crippen molar-refractivity contribution in [2.75, 3.05) is 53.4 Å². The number of piperazine rings is 1. The molecule has 0 aromatic heterocycles. The maximum absolute atomic E-state index is 13.6. The van der Waals surface area contributed by atoms with Crippen molar-refractivity contribution >= 4 is 5.91 Å². The minimum atomic E-state index is -0.893. The third-order valence-electron chi connectivity index (χ3n) is 4.06. The van der Waals surface area contributed by atoms with Crippen LogP contribution in [0, 0.1) is 11.6 Å². The van der Waals surface area contributed by atoms with Crippen molar-refractivity contribution in [2.24, 2.45) is 0 Å². The van der Waals surface area contributed by atoms with Gasteiger partial charge in [-0.3, -0.25) is 9.69 Å². The fourth-order valence-corrected chi connectivity index (χ4v) is 2.65. The zero-order chi connectivity index (χ0) is 17.0. The number of aliphatic hydroxyl groups excluding tert-OH is 1. The molecule has 1 aliphatic heterocycles. The van der Waals surface area contributed by atoms with Crippen molar-refractivity contribution in [3.05, 3.63) is 35.4 Å². The predicted octanol–water partition coefficient (Wildman–Crippen LogP) is 0.645. The highest BCUT2D eigenvalue weighted by atomic mass is 19.1. The third-order valence-corrected chi connectivity index (χ3v) is 4.06. The first-order chi connectivity index (χ1) is 10.9. The zero-order valence-electron chi connectivity index (χ0n) is 13.5. The van der Waals surface area contributed by atoms with Crippen LogP contribution in [0.5, 0.6) is 0 Å². The molecular weight excluding hydrogens is 304 g/mol. The van der Waals surface area contributed by atoms with Gasteiger partial charge < -0.3 is 14.9 Å². The van der Waals surface area contributed by atoms with E-state index in [9.17, 15) is 18.7 Å². The smallest absolute Gasteiger partial charge is 0.256 e. The highest BCUT2D eigenvalue weighted by Gasteiger charge is 2.21. The Balaban J connectivity index is 1.87. The monoisotopic (exact) mass is 327 g/mol. The number of benzene rings is 1. The van der Waals surface area contributed by atoms with Gasteiger partial charge in [-0.1, -0.05) is 0 Å². The number of hydrogen-bond donors (Lipinski definition) is 1. The van der Waals surface area contributed by atoms with Gasteiger partial charge in [0, 0.05) is 52.4 Å². The molecule has 1 fully saturated rings. The number of halogens is 2. The molecule has 1 N–H and O–H groups in total. The van der Waals surface area contributed by atoms with Gasteiger partial charge in [-0.05, 0) is 19.2 Å². The number of carbonyl (C=O) groups excluding carboxylic acids is 1. The number of likely N-dealkylation sites (N-methyl/N-ethyl adjacent to an activating group) is 2. The number of hydrogen-bond acceptors (Lipinski definition) is 4. The Morgan fingerprint density at radius 1 is 1.30 bits per heavy atom. The Kier molecular flexibility index (Phi) is 6.04. The van der Waals surface area contributed by atoms with Crippen LogP contribution >= 0.6 is 0 Å². The lowest BCUT2D eigenvalue weighted by molar-refractivity contribution is 0.0499. The van der Waals surface area contributed by atoms with Gasteiger partial charge in [-0.2, -0.15) is 0 Å². The van der Waals surface area contributed by atoms with Gasteiger partial charge in [0.2, 0.25) is 0 Å². The fraction of sp³-hybridized carbons (Fsp3) is 0.562. The first kappa shape index (κ1) is 17.8. The van der Waals surface area contributed by atoms with Crippen LogP contribution in [-0.4, -0.2) is 85.2 Å². The summed E-state index contributed by atoms with van der Waals surface area (Å²) < 4.78 is 26.5. The molecule has 1 amide bonds. The van der Waals surface area contributed by atoms with E-state index < -0.39 is 23.6 Å². The lowest BCUT2D eigenvalue weighted by Gasteiger charge is -2.34. The molecule has 1 aromatic carbocycles. The topological polar surface area (TPSA) is 47.0 Å². The molecule has 0 spiro atoms. The van der Waals surface area contributed by atoms with Gasteiger partial charge in [0.1, 0.15) is 11.6 Å². The molecule has 0 radical (unpaired) electrons. The molecule has 1 aromatic rings. The van der Waals surface area contributed by atoms with Crippen molar-refractivity contribution in [1.82, 2.24) is 14.7 Å². The number of nitrogens with zero attached hydrogens (tertiary/aromatic N) is 3. The summed E-state index contributed by atoms with van der Waals surface area (Å²) in [6.45, 7) is 4.21. The second-order valence-electron chi connectivity index (χ2n) is 6.07. The summed E-state index contributed by atoms with van der Waals surface area (Å²) in [4.78, 5) is 17.8. The quantitative estimate of drug-likeness (QED) is 0.862. The van der Waals surface area contributed by atoms with E-state index in [-0.39, 0.29) is 12.1 Å². The normalized spacial score (nSPS) is 18.0. The van der Waals surface area contributed by atoms with Crippen LogP contribution in [0.15, 0.2) is 18.2 Å². The lowest BCUT2D eigenvalue weighted by Crippen LogP contribution is -2.49. The summed E-state index contributed by atoms with van der Waals surface area (Å²) in [5.41, 5.74) is -0.194. The van der Waals surface area contributed by atoms with Crippen LogP contribution in [0.3, 0.4) is 0 Å². The molecular formula is C16H23F2N3O2. The van der Waals surface area contributed by atoms with E-state index in [1.54, 1.807) is 0 Å². The number of amides is 1. The zero-order valence-corrected chi connectivity index (χ0v) is 13.5. The average molecular weight is 327 g/mol. The van der Waals surface area contributed by atoms with E-state index in [1.165, 1.54) is 11.9 Å². The Bertz CT molecular complexity index is 548. The van der Waals surface area contributed by atoms with Crippen molar-refractivity contribution < 1.29 is 18.7 Å². The van der Waals surface area contributed by atoms with Crippen LogP contribution in [-0.2, 0) is 0 Å². The van der Waals surface area contributed by atoms with E-state index >= 15 is 0 Å². The van der Waals surface area contributed by atoms with Crippen LogP contribution in [0.1, 0.15) is 10.4 Å². The maximum atomic E-state index is 13.6. The summed E-state index contributed by atoms with van der Waals surface area (Å²) in [7, 11) is 3.55. The van der Waals surface area contributed by atoms with Gasteiger partial charge in [0.15, 0.2) is 0 Å². The second-order valence-corrected chi connectivity index (χ2v) is 6.07. The van der Waals surface area contributed by atoms with E-state index in [1.807, 2.05) is 0 Å². The van der Waals surface area contributed by atoms with Gasteiger partial charge in [-0.15, -0.1) is 0 Å². The van der Waals surface area contributed by atoms with Crippen molar-refractivity contribution in [3.63, 3.8) is 0 Å². The predicted molar refractivity (Wildman–Crippen MR) is 83.3 cm³/mol. The molecule has 1 heterocycles. The molecule has 0 aliphatic carbocycles. The number of carbonyl (C=O) groups is 1. The molecule has 5 nitrogen and oxygen atoms in total. The molecule has 2 rings (SSSR count). The van der Waals surface area contributed by atoms with Crippen LogP contribution in [0.25, 0.3) is 0 Å². The summed E-state index contributed by atoms with van der Waals surface area (Å²) in [5, 5.41) is 10.1. The molecule has 1 unspecified atom stereocenters. The van der Waals surface area contributed by atoms with E-state index in [0.717, 1.165) is 38.3 Å². The van der Waals surface area contributed by atoms with E-state index in [0.29, 0.717) is 12.6 Å². The van der Waals surface area contributed by atoms with Crippen molar-refractivity contribution in [2.45, 2.75) is 6.10 Å². The third kappa shape index (κ3) is 4.95. The first-order valence-electron chi connectivity index (χ1n) is 7.66. The van der Waals surface area contributed by atoms with Crippen molar-refractivity contribution in [3.8, 4) is 0 Å². The summed E-state index contributed by atoms with van der Waals surface area (Å²) in [6, 6.07) is 2.85. The first-order valence-corrected chi connectivity index (χ1v) is 7.66. The molecule has 0 saturated carbocycles. The summed E-state index contributed by atoms with van der Waals surface area (Å²) in [6.07, 6.45) is -0.712. The van der Waals surface area contributed by atoms with Crippen LogP contribution in [0.4, 0.5) is 8.78 Å². The van der Waals surface area contributed by atoms with Crippen LogP contribution in [0.2, 0.25) is 0 Å². The molecule has 7 heteroatoms. The van der Waals surface area contributed by atoms with Gasteiger partial charge in [0.25, 0.3) is 5.91 Å². The number of β-amino-alcohol motifs (C(OH)–C–C–N with tert-alkyl or cyclic N) is 1. The molecule has 1 saturated heterocycles. The highest BCUT2D eigenvalue weighted by molar-refractivity contribution is 5.94. The Morgan fingerprint density at radius 3 is 2.57 bits per heavy atom. The minimum absolute atomic E-state index is 0.0992. The Morgan fingerprint density at radius 2 is 1.96 bits per heavy atom. The highest BCUT2D eigenvalue weighted by Crippen LogP contribution is 2.12. The average Bonchev–Trinajstić information content (AvgIpc) is 2.49. The number of rotatable bonds is 5. The molecule has 128 valence electrons. The largest absolute Gasteiger partial charge is 0.390 e. The van der Waals surface area contributed by atoms with Crippen molar-refractivity contribution in [1.29, 1.82) is 0 Å². The molecule has 23 heavy (non-hydrogen) atoms. The minimum Gasteiger partial charge on any atom is -0.390 e. The fourth-order valence-electron chi connectivity index (χ4n) is 2.65. The second kappa shape index (κ2) is 7.81. The summed E-state index contributed by atoms with van der Waals surface area (Å²) >= 11 is 0. The van der Waals surface area contributed by atoms with Crippen LogP contribution < -0.4 is 0 Å². The standard InChI is InChI=1S/C16H23F2N3O2/c1-19-5-7-21(8-6-19)11-13(22)10-20(2)16(23)14-4-3-12(17)9-15(14)18/h3-4,9,13,22H,5-8,10-11H2,1-2H3. The Hall–Kier alpha value is -1.57. The molecule has 1 atom stereocenters. The molecule has 0 bridgehead atoms. The Labute approximate surface area is 135 Å². The molecule has 1 aliphatic rings. The van der Waals surface area contributed by atoms with Gasteiger partial charge in [-0.25, -0.2) is 8.78 Å². The maximum Gasteiger partial charge on any atom is 0.256 e. The SMILES string of the molecule is CN1CCN(CC(O)CN(C)C(=O)c2ccc(F)cc2F)CC1. The summed E-state index contributed by atoms with van der Waals surface area (Å²) in [5.74, 6) is -2.19.